The minimum absolute atomic E-state index is 0.0258. The number of piperidine rings is 1. The molecular weight excluding hydrogens is 388 g/mol. The number of hydrogen-bond donors (Lipinski definition) is 1. The first-order valence-electron chi connectivity index (χ1n) is 9.99. The van der Waals surface area contributed by atoms with Gasteiger partial charge < -0.3 is 15.0 Å². The van der Waals surface area contributed by atoms with Crippen LogP contribution in [0, 0.1) is 5.92 Å². The van der Waals surface area contributed by atoms with Gasteiger partial charge in [-0.3, -0.25) is 9.59 Å². The van der Waals surface area contributed by atoms with E-state index in [-0.39, 0.29) is 18.4 Å². The molecule has 5 nitrogen and oxygen atoms in total. The normalized spacial score (nSPS) is 14.5. The smallest absolute Gasteiger partial charge is 0.251 e. The zero-order chi connectivity index (χ0) is 20.6. The molecule has 1 N–H and O–H groups in total. The molecule has 0 aliphatic carbocycles. The lowest BCUT2D eigenvalue weighted by molar-refractivity contribution is -0.131. The van der Waals surface area contributed by atoms with Crippen LogP contribution in [0.15, 0.2) is 48.5 Å². The average molecular weight is 415 g/mol. The second-order valence-electron chi connectivity index (χ2n) is 7.40. The summed E-state index contributed by atoms with van der Waals surface area (Å²) in [5.74, 6) is 1.22. The van der Waals surface area contributed by atoms with Crippen molar-refractivity contribution in [3.8, 4) is 5.75 Å². The number of nitrogens with zero attached hydrogens (tertiary/aromatic N) is 1. The molecular formula is C23H27ClN2O3. The molecule has 0 saturated carbocycles. The maximum atomic E-state index is 12.4. The number of methoxy groups -OCH3 is 1. The third kappa shape index (κ3) is 6.23. The third-order valence-electron chi connectivity index (χ3n) is 5.47. The SMILES string of the molecule is COc1ccc(CCC2CCN(C(=O)CNC(=O)c3ccc(Cl)cc3)CC2)cc1. The van der Waals surface area contributed by atoms with E-state index in [0.717, 1.165) is 44.5 Å². The number of hydrogen-bond acceptors (Lipinski definition) is 3. The maximum absolute atomic E-state index is 12.4. The van der Waals surface area contributed by atoms with E-state index < -0.39 is 0 Å². The van der Waals surface area contributed by atoms with E-state index in [2.05, 4.69) is 17.4 Å². The highest BCUT2D eigenvalue weighted by Gasteiger charge is 2.23. The van der Waals surface area contributed by atoms with Gasteiger partial charge >= 0.3 is 0 Å². The first-order valence-corrected chi connectivity index (χ1v) is 10.4. The van der Waals surface area contributed by atoms with Crippen LogP contribution in [0.25, 0.3) is 0 Å². The van der Waals surface area contributed by atoms with Gasteiger partial charge in [-0.05, 0) is 73.6 Å². The predicted molar refractivity (Wildman–Crippen MR) is 114 cm³/mol. The molecule has 3 rings (SSSR count). The monoisotopic (exact) mass is 414 g/mol. The summed E-state index contributed by atoms with van der Waals surface area (Å²) in [7, 11) is 1.67. The highest BCUT2D eigenvalue weighted by Crippen LogP contribution is 2.23. The van der Waals surface area contributed by atoms with Crippen LogP contribution in [-0.2, 0) is 11.2 Å². The van der Waals surface area contributed by atoms with Crippen molar-refractivity contribution in [2.24, 2.45) is 5.92 Å². The quantitative estimate of drug-likeness (QED) is 0.746. The van der Waals surface area contributed by atoms with Crippen LogP contribution in [0.3, 0.4) is 0 Å². The van der Waals surface area contributed by atoms with E-state index >= 15 is 0 Å². The number of carbonyl (C=O) groups excluding carboxylic acids is 2. The summed E-state index contributed by atoms with van der Waals surface area (Å²) in [5.41, 5.74) is 1.81. The molecule has 6 heteroatoms. The van der Waals surface area contributed by atoms with Gasteiger partial charge in [-0.2, -0.15) is 0 Å². The van der Waals surface area contributed by atoms with Crippen LogP contribution in [0.2, 0.25) is 5.02 Å². The Morgan fingerprint density at radius 3 is 2.34 bits per heavy atom. The molecule has 0 aromatic heterocycles. The summed E-state index contributed by atoms with van der Waals surface area (Å²) in [4.78, 5) is 26.4. The molecule has 1 aliphatic rings. The Bertz CT molecular complexity index is 813. The van der Waals surface area contributed by atoms with Gasteiger partial charge in [0.2, 0.25) is 5.91 Å². The number of aryl methyl sites for hydroxylation is 1. The lowest BCUT2D eigenvalue weighted by Gasteiger charge is -2.32. The largest absolute Gasteiger partial charge is 0.497 e. The third-order valence-corrected chi connectivity index (χ3v) is 5.73. The van der Waals surface area contributed by atoms with Gasteiger partial charge in [0.1, 0.15) is 5.75 Å². The minimum atomic E-state index is -0.260. The number of amides is 2. The Balaban J connectivity index is 1.37. The summed E-state index contributed by atoms with van der Waals surface area (Å²) in [5, 5.41) is 3.28. The molecule has 0 spiro atoms. The van der Waals surface area contributed by atoms with Crippen LogP contribution in [0.4, 0.5) is 0 Å². The number of nitrogens with one attached hydrogen (secondary N) is 1. The topological polar surface area (TPSA) is 58.6 Å². The Hall–Kier alpha value is -2.53. The zero-order valence-electron chi connectivity index (χ0n) is 16.7. The maximum Gasteiger partial charge on any atom is 0.251 e. The summed E-state index contributed by atoms with van der Waals surface area (Å²) in [6, 6.07) is 14.8. The van der Waals surface area contributed by atoms with Gasteiger partial charge in [-0.1, -0.05) is 23.7 Å². The fraction of sp³-hybridized carbons (Fsp3) is 0.391. The lowest BCUT2D eigenvalue weighted by Crippen LogP contribution is -2.44. The van der Waals surface area contributed by atoms with Crippen LogP contribution in [-0.4, -0.2) is 43.5 Å². The van der Waals surface area contributed by atoms with Crippen molar-refractivity contribution < 1.29 is 14.3 Å². The number of ether oxygens (including phenoxy) is 1. The van der Waals surface area contributed by atoms with Gasteiger partial charge in [-0.25, -0.2) is 0 Å². The number of rotatable bonds is 7. The molecule has 154 valence electrons. The molecule has 0 bridgehead atoms. The molecule has 29 heavy (non-hydrogen) atoms. The van der Waals surface area contributed by atoms with Gasteiger partial charge in [-0.15, -0.1) is 0 Å². The summed E-state index contributed by atoms with van der Waals surface area (Å²) in [6.07, 6.45) is 4.18. The first kappa shape index (κ1) is 21.2. The molecule has 1 aliphatic heterocycles. The Morgan fingerprint density at radius 2 is 1.72 bits per heavy atom. The van der Waals surface area contributed by atoms with Gasteiger partial charge in [0.15, 0.2) is 0 Å². The molecule has 1 fully saturated rings. The summed E-state index contributed by atoms with van der Waals surface area (Å²) < 4.78 is 5.19. The molecule has 0 unspecified atom stereocenters. The second-order valence-corrected chi connectivity index (χ2v) is 7.84. The van der Waals surface area contributed by atoms with Gasteiger partial charge in [0, 0.05) is 23.7 Å². The molecule has 0 radical (unpaired) electrons. The molecule has 1 saturated heterocycles. The van der Waals surface area contributed by atoms with Crippen molar-refractivity contribution in [1.82, 2.24) is 10.2 Å². The Kier molecular flexibility index (Phi) is 7.53. The zero-order valence-corrected chi connectivity index (χ0v) is 17.5. The minimum Gasteiger partial charge on any atom is -0.497 e. The van der Waals surface area contributed by atoms with E-state index in [9.17, 15) is 9.59 Å². The fourth-order valence-electron chi connectivity index (χ4n) is 3.61. The molecule has 2 amide bonds. The van der Waals surface area contributed by atoms with Crippen molar-refractivity contribution in [2.75, 3.05) is 26.7 Å². The van der Waals surface area contributed by atoms with Crippen molar-refractivity contribution in [3.63, 3.8) is 0 Å². The van der Waals surface area contributed by atoms with E-state index in [4.69, 9.17) is 16.3 Å². The second kappa shape index (κ2) is 10.3. The number of benzene rings is 2. The summed E-state index contributed by atoms with van der Waals surface area (Å²) in [6.45, 7) is 1.53. The number of likely N-dealkylation sites (tertiary alicyclic amines) is 1. The molecule has 2 aromatic carbocycles. The lowest BCUT2D eigenvalue weighted by atomic mass is 9.90. The van der Waals surface area contributed by atoms with Crippen LogP contribution >= 0.6 is 11.6 Å². The van der Waals surface area contributed by atoms with E-state index in [1.54, 1.807) is 31.4 Å². The van der Waals surface area contributed by atoms with Crippen molar-refractivity contribution in [2.45, 2.75) is 25.7 Å². The fourth-order valence-corrected chi connectivity index (χ4v) is 3.73. The summed E-state index contributed by atoms with van der Waals surface area (Å²) >= 11 is 5.83. The number of halogens is 1. The van der Waals surface area contributed by atoms with Crippen molar-refractivity contribution in [1.29, 1.82) is 0 Å². The molecule has 1 heterocycles. The Morgan fingerprint density at radius 1 is 1.07 bits per heavy atom. The van der Waals surface area contributed by atoms with Gasteiger partial charge in [0.25, 0.3) is 5.91 Å². The van der Waals surface area contributed by atoms with Crippen molar-refractivity contribution in [3.05, 3.63) is 64.7 Å². The van der Waals surface area contributed by atoms with E-state index in [0.29, 0.717) is 16.5 Å². The standard InChI is InChI=1S/C23H27ClN2O3/c1-29-21-10-4-17(5-11-21)2-3-18-12-14-26(15-13-18)22(27)16-25-23(28)19-6-8-20(24)9-7-19/h4-11,18H,2-3,12-16H2,1H3,(H,25,28). The van der Waals surface area contributed by atoms with Crippen LogP contribution in [0.1, 0.15) is 35.2 Å². The van der Waals surface area contributed by atoms with Crippen molar-refractivity contribution >= 4 is 23.4 Å². The highest BCUT2D eigenvalue weighted by atomic mass is 35.5. The first-order chi connectivity index (χ1) is 14.0. The van der Waals surface area contributed by atoms with Gasteiger partial charge in [0.05, 0.1) is 13.7 Å². The Labute approximate surface area is 177 Å². The van der Waals surface area contributed by atoms with Crippen LogP contribution in [0.5, 0.6) is 5.75 Å². The molecule has 0 atom stereocenters. The number of carbonyl (C=O) groups is 2. The highest BCUT2D eigenvalue weighted by molar-refractivity contribution is 6.30. The van der Waals surface area contributed by atoms with E-state index in [1.807, 2.05) is 17.0 Å². The predicted octanol–water partition coefficient (Wildman–Crippen LogP) is 3.95. The average Bonchev–Trinajstić information content (AvgIpc) is 2.77. The molecule has 2 aromatic rings. The van der Waals surface area contributed by atoms with E-state index in [1.165, 1.54) is 5.56 Å². The van der Waals surface area contributed by atoms with Crippen LogP contribution < -0.4 is 10.1 Å².